The fraction of sp³-hybridized carbons (Fsp3) is 0.391. The SMILES string of the molecule is Cc1ccc(C(=O)N2CCC(NC(=O)CCc3ccccc3OC(F)(F)F)CC2)cc1. The quantitative estimate of drug-likeness (QED) is 0.740. The summed E-state index contributed by atoms with van der Waals surface area (Å²) in [6.45, 7) is 3.05. The molecular formula is C23H25F3N2O3. The largest absolute Gasteiger partial charge is 0.573 e. The molecule has 31 heavy (non-hydrogen) atoms. The van der Waals surface area contributed by atoms with Crippen LogP contribution < -0.4 is 10.1 Å². The Bertz CT molecular complexity index is 905. The van der Waals surface area contributed by atoms with E-state index in [4.69, 9.17) is 0 Å². The highest BCUT2D eigenvalue weighted by Gasteiger charge is 2.32. The van der Waals surface area contributed by atoms with Gasteiger partial charge in [0.05, 0.1) is 0 Å². The third-order valence-electron chi connectivity index (χ3n) is 5.27. The molecule has 0 bridgehead atoms. The van der Waals surface area contributed by atoms with Gasteiger partial charge in [-0.25, -0.2) is 0 Å². The number of nitrogens with zero attached hydrogens (tertiary/aromatic N) is 1. The van der Waals surface area contributed by atoms with Gasteiger partial charge in [0, 0.05) is 31.1 Å². The molecule has 0 unspecified atom stereocenters. The van der Waals surface area contributed by atoms with Crippen molar-refractivity contribution in [3.8, 4) is 5.75 Å². The van der Waals surface area contributed by atoms with Crippen molar-refractivity contribution in [3.05, 3.63) is 65.2 Å². The van der Waals surface area contributed by atoms with Gasteiger partial charge in [-0.15, -0.1) is 13.2 Å². The van der Waals surface area contributed by atoms with E-state index < -0.39 is 6.36 Å². The van der Waals surface area contributed by atoms with E-state index in [0.717, 1.165) is 5.56 Å². The van der Waals surface area contributed by atoms with Crippen LogP contribution in [0.1, 0.15) is 40.7 Å². The predicted molar refractivity (Wildman–Crippen MR) is 110 cm³/mol. The van der Waals surface area contributed by atoms with Crippen LogP contribution in [0.2, 0.25) is 0 Å². The van der Waals surface area contributed by atoms with Gasteiger partial charge in [0.15, 0.2) is 0 Å². The fourth-order valence-corrected chi connectivity index (χ4v) is 3.59. The third-order valence-corrected chi connectivity index (χ3v) is 5.27. The van der Waals surface area contributed by atoms with Gasteiger partial charge in [-0.05, 0) is 49.9 Å². The van der Waals surface area contributed by atoms with Crippen molar-refractivity contribution in [1.29, 1.82) is 0 Å². The summed E-state index contributed by atoms with van der Waals surface area (Å²) in [6, 6.07) is 13.2. The lowest BCUT2D eigenvalue weighted by molar-refractivity contribution is -0.274. The Morgan fingerprint density at radius 1 is 1.06 bits per heavy atom. The Balaban J connectivity index is 1.45. The van der Waals surface area contributed by atoms with E-state index in [2.05, 4.69) is 10.1 Å². The van der Waals surface area contributed by atoms with Crippen LogP contribution in [0.3, 0.4) is 0 Å². The van der Waals surface area contributed by atoms with E-state index in [1.54, 1.807) is 11.0 Å². The number of benzene rings is 2. The molecular weight excluding hydrogens is 409 g/mol. The third kappa shape index (κ3) is 6.73. The Morgan fingerprint density at radius 3 is 2.35 bits per heavy atom. The van der Waals surface area contributed by atoms with Crippen LogP contribution in [0, 0.1) is 6.92 Å². The van der Waals surface area contributed by atoms with Crippen molar-refractivity contribution < 1.29 is 27.5 Å². The minimum Gasteiger partial charge on any atom is -0.406 e. The lowest BCUT2D eigenvalue weighted by Gasteiger charge is -2.32. The topological polar surface area (TPSA) is 58.6 Å². The molecule has 1 heterocycles. The van der Waals surface area contributed by atoms with Crippen LogP contribution in [0.25, 0.3) is 0 Å². The average molecular weight is 434 g/mol. The first-order valence-electron chi connectivity index (χ1n) is 10.2. The van der Waals surface area contributed by atoms with Crippen LogP contribution >= 0.6 is 0 Å². The molecule has 0 aromatic heterocycles. The van der Waals surface area contributed by atoms with Gasteiger partial charge in [-0.3, -0.25) is 9.59 Å². The number of rotatable bonds is 6. The van der Waals surface area contributed by atoms with Gasteiger partial charge in [-0.2, -0.15) is 0 Å². The molecule has 166 valence electrons. The summed E-state index contributed by atoms with van der Waals surface area (Å²) in [5.41, 5.74) is 2.06. The van der Waals surface area contributed by atoms with E-state index in [1.165, 1.54) is 18.2 Å². The van der Waals surface area contributed by atoms with Gasteiger partial charge < -0.3 is 15.0 Å². The second kappa shape index (κ2) is 9.85. The smallest absolute Gasteiger partial charge is 0.406 e. The second-order valence-corrected chi connectivity index (χ2v) is 7.66. The number of halogens is 3. The summed E-state index contributed by atoms with van der Waals surface area (Å²) in [4.78, 5) is 26.6. The molecule has 8 heteroatoms. The summed E-state index contributed by atoms with van der Waals surface area (Å²) < 4.78 is 41.6. The number of ether oxygens (including phenoxy) is 1. The van der Waals surface area contributed by atoms with Crippen molar-refractivity contribution in [2.24, 2.45) is 0 Å². The standard InChI is InChI=1S/C23H25F3N2O3/c1-16-6-8-18(9-7-16)22(30)28-14-12-19(13-15-28)27-21(29)11-10-17-4-2-3-5-20(17)31-23(24,25)26/h2-9,19H,10-15H2,1H3,(H,27,29). The summed E-state index contributed by atoms with van der Waals surface area (Å²) in [5, 5.41) is 2.92. The average Bonchev–Trinajstić information content (AvgIpc) is 2.73. The highest BCUT2D eigenvalue weighted by molar-refractivity contribution is 5.94. The minimum atomic E-state index is -4.78. The molecule has 0 saturated carbocycles. The van der Waals surface area contributed by atoms with E-state index in [0.29, 0.717) is 37.1 Å². The Hall–Kier alpha value is -3.03. The van der Waals surface area contributed by atoms with Gasteiger partial charge >= 0.3 is 6.36 Å². The maximum Gasteiger partial charge on any atom is 0.573 e. The maximum absolute atomic E-state index is 12.6. The number of amides is 2. The first kappa shape index (κ1) is 22.7. The Morgan fingerprint density at radius 2 is 1.71 bits per heavy atom. The molecule has 2 amide bonds. The summed E-state index contributed by atoms with van der Waals surface area (Å²) in [7, 11) is 0. The van der Waals surface area contributed by atoms with E-state index >= 15 is 0 Å². The lowest BCUT2D eigenvalue weighted by Crippen LogP contribution is -2.46. The molecule has 0 aliphatic carbocycles. The number of carbonyl (C=O) groups is 2. The molecule has 1 fully saturated rings. The molecule has 2 aromatic carbocycles. The zero-order chi connectivity index (χ0) is 22.4. The van der Waals surface area contributed by atoms with Crippen molar-refractivity contribution in [2.75, 3.05) is 13.1 Å². The molecule has 1 saturated heterocycles. The van der Waals surface area contributed by atoms with Crippen molar-refractivity contribution in [2.45, 2.75) is 45.0 Å². The number of para-hydroxylation sites is 1. The second-order valence-electron chi connectivity index (χ2n) is 7.66. The first-order chi connectivity index (χ1) is 14.7. The number of piperidine rings is 1. The molecule has 0 atom stereocenters. The normalized spacial score (nSPS) is 14.9. The van der Waals surface area contributed by atoms with Crippen LogP contribution in [-0.4, -0.2) is 42.2 Å². The number of nitrogens with one attached hydrogen (secondary N) is 1. The first-order valence-corrected chi connectivity index (χ1v) is 10.2. The summed E-state index contributed by atoms with van der Waals surface area (Å²) >= 11 is 0. The van der Waals surface area contributed by atoms with Gasteiger partial charge in [0.1, 0.15) is 5.75 Å². The lowest BCUT2D eigenvalue weighted by atomic mass is 10.0. The molecule has 5 nitrogen and oxygen atoms in total. The zero-order valence-electron chi connectivity index (χ0n) is 17.2. The van der Waals surface area contributed by atoms with Gasteiger partial charge in [0.2, 0.25) is 5.91 Å². The predicted octanol–water partition coefficient (Wildman–Crippen LogP) is 4.25. The van der Waals surface area contributed by atoms with E-state index in [-0.39, 0.29) is 36.4 Å². The number of alkyl halides is 3. The Labute approximate surface area is 179 Å². The van der Waals surface area contributed by atoms with Gasteiger partial charge in [0.25, 0.3) is 5.91 Å². The molecule has 1 aliphatic rings. The fourth-order valence-electron chi connectivity index (χ4n) is 3.59. The van der Waals surface area contributed by atoms with Crippen LogP contribution in [0.4, 0.5) is 13.2 Å². The van der Waals surface area contributed by atoms with Crippen molar-refractivity contribution >= 4 is 11.8 Å². The molecule has 3 rings (SSSR count). The van der Waals surface area contributed by atoms with Crippen LogP contribution in [0.5, 0.6) is 5.75 Å². The number of aryl methyl sites for hydroxylation is 2. The molecule has 1 aliphatic heterocycles. The van der Waals surface area contributed by atoms with Crippen LogP contribution in [0.15, 0.2) is 48.5 Å². The summed E-state index contributed by atoms with van der Waals surface area (Å²) in [5.74, 6) is -0.540. The van der Waals surface area contributed by atoms with E-state index in [9.17, 15) is 22.8 Å². The van der Waals surface area contributed by atoms with Crippen molar-refractivity contribution in [3.63, 3.8) is 0 Å². The molecule has 2 aromatic rings. The number of hydrogen-bond acceptors (Lipinski definition) is 3. The van der Waals surface area contributed by atoms with Crippen LogP contribution in [-0.2, 0) is 11.2 Å². The van der Waals surface area contributed by atoms with Crippen molar-refractivity contribution in [1.82, 2.24) is 10.2 Å². The highest BCUT2D eigenvalue weighted by Crippen LogP contribution is 2.27. The minimum absolute atomic E-state index is 0.0222. The highest BCUT2D eigenvalue weighted by atomic mass is 19.4. The number of carbonyl (C=O) groups excluding carboxylic acids is 2. The maximum atomic E-state index is 12.6. The molecule has 0 spiro atoms. The Kier molecular flexibility index (Phi) is 7.20. The molecule has 0 radical (unpaired) electrons. The molecule has 1 N–H and O–H groups in total. The number of hydrogen-bond donors (Lipinski definition) is 1. The van der Waals surface area contributed by atoms with Gasteiger partial charge in [-0.1, -0.05) is 35.9 Å². The summed E-state index contributed by atoms with van der Waals surface area (Å²) in [6.07, 6.45) is -3.31. The monoisotopic (exact) mass is 434 g/mol. The van der Waals surface area contributed by atoms with E-state index in [1.807, 2.05) is 31.2 Å². The number of likely N-dealkylation sites (tertiary alicyclic amines) is 1. The zero-order valence-corrected chi connectivity index (χ0v) is 17.2.